The number of halogens is 1. The Hall–Kier alpha value is -0.870. The van der Waals surface area contributed by atoms with Gasteiger partial charge in [0.25, 0.3) is 0 Å². The van der Waals surface area contributed by atoms with E-state index in [9.17, 15) is 0 Å². The van der Waals surface area contributed by atoms with Crippen LogP contribution in [0.3, 0.4) is 0 Å². The second-order valence-corrected chi connectivity index (χ2v) is 5.62. The summed E-state index contributed by atoms with van der Waals surface area (Å²) < 4.78 is 5.96. The quantitative estimate of drug-likeness (QED) is 0.840. The molecule has 1 aromatic rings. The van der Waals surface area contributed by atoms with Crippen LogP contribution in [0, 0.1) is 5.92 Å². The summed E-state index contributed by atoms with van der Waals surface area (Å²) in [7, 11) is 0. The van der Waals surface area contributed by atoms with Gasteiger partial charge in [-0.05, 0) is 31.6 Å². The summed E-state index contributed by atoms with van der Waals surface area (Å²) in [5.41, 5.74) is 0. The van der Waals surface area contributed by atoms with Crippen molar-refractivity contribution in [2.24, 2.45) is 5.92 Å². The van der Waals surface area contributed by atoms with Crippen LogP contribution in [0.4, 0.5) is 5.95 Å². The highest BCUT2D eigenvalue weighted by atomic mass is 35.5. The van der Waals surface area contributed by atoms with Crippen molar-refractivity contribution in [1.82, 2.24) is 9.97 Å². The summed E-state index contributed by atoms with van der Waals surface area (Å²) in [5, 5.41) is 0.581. The molecule has 0 bridgehead atoms. The number of hydrogen-bond donors (Lipinski definition) is 0. The molecule has 0 aromatic carbocycles. The number of piperidine rings is 1. The molecule has 1 unspecified atom stereocenters. The molecule has 1 atom stereocenters. The van der Waals surface area contributed by atoms with Gasteiger partial charge in [0.1, 0.15) is 0 Å². The highest BCUT2D eigenvalue weighted by molar-refractivity contribution is 6.30. The Morgan fingerprint density at radius 2 is 2.06 bits per heavy atom. The van der Waals surface area contributed by atoms with Crippen molar-refractivity contribution in [2.45, 2.75) is 31.8 Å². The van der Waals surface area contributed by atoms with E-state index < -0.39 is 0 Å². The maximum Gasteiger partial charge on any atom is 0.225 e. The molecule has 0 N–H and O–H groups in total. The van der Waals surface area contributed by atoms with Crippen LogP contribution in [-0.4, -0.2) is 35.8 Å². The third kappa shape index (κ3) is 3.12. The fourth-order valence-electron chi connectivity index (χ4n) is 2.28. The van der Waals surface area contributed by atoms with E-state index in [4.69, 9.17) is 16.3 Å². The third-order valence-electron chi connectivity index (χ3n) is 3.53. The fourth-order valence-corrected chi connectivity index (χ4v) is 2.38. The van der Waals surface area contributed by atoms with Crippen molar-refractivity contribution in [3.05, 3.63) is 17.4 Å². The molecular weight excluding hydrogens is 250 g/mol. The molecule has 98 valence electrons. The highest BCUT2D eigenvalue weighted by Crippen LogP contribution is 2.30. The number of hydrogen-bond acceptors (Lipinski definition) is 4. The lowest BCUT2D eigenvalue weighted by Crippen LogP contribution is -2.40. The maximum absolute atomic E-state index is 5.96. The Bertz CT molecular complexity index is 394. The molecule has 2 fully saturated rings. The molecule has 0 spiro atoms. The van der Waals surface area contributed by atoms with Crippen LogP contribution in [0.2, 0.25) is 5.02 Å². The van der Waals surface area contributed by atoms with Gasteiger partial charge in [-0.3, -0.25) is 0 Å². The van der Waals surface area contributed by atoms with Crippen molar-refractivity contribution in [3.63, 3.8) is 0 Å². The molecule has 1 saturated heterocycles. The molecule has 1 aromatic heterocycles. The molecule has 1 aliphatic heterocycles. The van der Waals surface area contributed by atoms with Crippen molar-refractivity contribution in [2.75, 3.05) is 24.6 Å². The zero-order valence-corrected chi connectivity index (χ0v) is 11.1. The summed E-state index contributed by atoms with van der Waals surface area (Å²) in [6.45, 7) is 2.83. The molecule has 1 aliphatic carbocycles. The van der Waals surface area contributed by atoms with E-state index in [1.165, 1.54) is 12.8 Å². The molecule has 0 radical (unpaired) electrons. The SMILES string of the molecule is Clc1cnc(N2CCCC(OCC3CC3)C2)nc1. The first-order valence-electron chi connectivity index (χ1n) is 6.65. The van der Waals surface area contributed by atoms with Crippen LogP contribution in [0.1, 0.15) is 25.7 Å². The van der Waals surface area contributed by atoms with Gasteiger partial charge in [-0.25, -0.2) is 9.97 Å². The van der Waals surface area contributed by atoms with Gasteiger partial charge in [-0.1, -0.05) is 11.6 Å². The normalized spacial score (nSPS) is 24.3. The summed E-state index contributed by atoms with van der Waals surface area (Å²) >= 11 is 5.80. The van der Waals surface area contributed by atoms with Gasteiger partial charge in [0, 0.05) is 19.7 Å². The molecule has 1 saturated carbocycles. The van der Waals surface area contributed by atoms with Crippen LogP contribution in [-0.2, 0) is 4.74 Å². The predicted molar refractivity (Wildman–Crippen MR) is 71.0 cm³/mol. The van der Waals surface area contributed by atoms with Crippen LogP contribution >= 0.6 is 11.6 Å². The number of ether oxygens (including phenoxy) is 1. The third-order valence-corrected chi connectivity index (χ3v) is 3.73. The number of aromatic nitrogens is 2. The van der Waals surface area contributed by atoms with Gasteiger partial charge < -0.3 is 9.64 Å². The average Bonchev–Trinajstić information content (AvgIpc) is 3.22. The summed E-state index contributed by atoms with van der Waals surface area (Å²) in [6, 6.07) is 0. The number of nitrogens with zero attached hydrogens (tertiary/aromatic N) is 3. The summed E-state index contributed by atoms with van der Waals surface area (Å²) in [6.07, 6.45) is 8.61. The van der Waals surface area contributed by atoms with Gasteiger partial charge in [-0.15, -0.1) is 0 Å². The van der Waals surface area contributed by atoms with Gasteiger partial charge in [-0.2, -0.15) is 0 Å². The first-order valence-corrected chi connectivity index (χ1v) is 7.03. The first kappa shape index (κ1) is 12.2. The monoisotopic (exact) mass is 267 g/mol. The Balaban J connectivity index is 1.56. The number of anilines is 1. The lowest BCUT2D eigenvalue weighted by Gasteiger charge is -2.32. The van der Waals surface area contributed by atoms with Gasteiger partial charge in [0.2, 0.25) is 5.95 Å². The van der Waals surface area contributed by atoms with Crippen molar-refractivity contribution in [3.8, 4) is 0 Å². The van der Waals surface area contributed by atoms with E-state index >= 15 is 0 Å². The topological polar surface area (TPSA) is 38.2 Å². The summed E-state index contributed by atoms with van der Waals surface area (Å²) in [4.78, 5) is 10.7. The molecule has 2 heterocycles. The Labute approximate surface area is 112 Å². The van der Waals surface area contributed by atoms with Gasteiger partial charge in [0.05, 0.1) is 23.5 Å². The van der Waals surface area contributed by atoms with E-state index in [0.717, 1.165) is 44.4 Å². The number of rotatable bonds is 4. The van der Waals surface area contributed by atoms with E-state index in [-0.39, 0.29) is 0 Å². The Morgan fingerprint density at radius 1 is 1.28 bits per heavy atom. The second-order valence-electron chi connectivity index (χ2n) is 5.19. The van der Waals surface area contributed by atoms with Crippen LogP contribution in [0.25, 0.3) is 0 Å². The van der Waals surface area contributed by atoms with Crippen LogP contribution in [0.5, 0.6) is 0 Å². The van der Waals surface area contributed by atoms with Gasteiger partial charge >= 0.3 is 0 Å². The molecule has 4 nitrogen and oxygen atoms in total. The maximum atomic E-state index is 5.96. The molecule has 2 aliphatic rings. The second kappa shape index (κ2) is 5.41. The molecule has 5 heteroatoms. The van der Waals surface area contributed by atoms with E-state index in [0.29, 0.717) is 11.1 Å². The van der Waals surface area contributed by atoms with Crippen molar-refractivity contribution in [1.29, 1.82) is 0 Å². The minimum atomic E-state index is 0.332. The zero-order valence-electron chi connectivity index (χ0n) is 10.4. The van der Waals surface area contributed by atoms with E-state index in [1.807, 2.05) is 0 Å². The zero-order chi connectivity index (χ0) is 12.4. The smallest absolute Gasteiger partial charge is 0.225 e. The molecule has 0 amide bonds. The van der Waals surface area contributed by atoms with Crippen molar-refractivity contribution < 1.29 is 4.74 Å². The Kier molecular flexibility index (Phi) is 3.66. The molecule has 3 rings (SSSR count). The standard InChI is InChI=1S/C13H18ClN3O/c14-11-6-15-13(16-7-11)17-5-1-2-12(8-17)18-9-10-3-4-10/h6-7,10,12H,1-5,8-9H2. The first-order chi connectivity index (χ1) is 8.81. The van der Waals surface area contributed by atoms with E-state index in [1.54, 1.807) is 12.4 Å². The fraction of sp³-hybridized carbons (Fsp3) is 0.692. The largest absolute Gasteiger partial charge is 0.376 e. The minimum absolute atomic E-state index is 0.332. The molecular formula is C13H18ClN3O. The Morgan fingerprint density at radius 3 is 2.78 bits per heavy atom. The minimum Gasteiger partial charge on any atom is -0.376 e. The average molecular weight is 268 g/mol. The van der Waals surface area contributed by atoms with Crippen LogP contribution in [0.15, 0.2) is 12.4 Å². The van der Waals surface area contributed by atoms with Crippen LogP contribution < -0.4 is 4.90 Å². The van der Waals surface area contributed by atoms with Crippen molar-refractivity contribution >= 4 is 17.5 Å². The predicted octanol–water partition coefficient (Wildman–Crippen LogP) is 2.53. The lowest BCUT2D eigenvalue weighted by molar-refractivity contribution is 0.0366. The molecule has 18 heavy (non-hydrogen) atoms. The lowest BCUT2D eigenvalue weighted by atomic mass is 10.1. The van der Waals surface area contributed by atoms with Gasteiger partial charge in [0.15, 0.2) is 0 Å². The highest BCUT2D eigenvalue weighted by Gasteiger charge is 2.26. The summed E-state index contributed by atoms with van der Waals surface area (Å²) in [5.74, 6) is 1.59. The van der Waals surface area contributed by atoms with E-state index in [2.05, 4.69) is 14.9 Å².